The van der Waals surface area contributed by atoms with E-state index in [0.29, 0.717) is 30.4 Å². The summed E-state index contributed by atoms with van der Waals surface area (Å²) in [5.41, 5.74) is 2.03. The van der Waals surface area contributed by atoms with Crippen LogP contribution in [0.4, 0.5) is 5.95 Å². The molecule has 1 aromatic heterocycles. The number of aryl methyl sites for hydroxylation is 1. The minimum Gasteiger partial charge on any atom is -0.394 e. The molecule has 0 bridgehead atoms. The molecule has 1 fully saturated rings. The number of amides is 1. The molecular weight excluding hydrogens is 332 g/mol. The molecule has 3 rings (SSSR count). The average molecular weight is 356 g/mol. The Morgan fingerprint density at radius 2 is 2.08 bits per heavy atom. The summed E-state index contributed by atoms with van der Waals surface area (Å²) in [5.74, 6) is 0.414. The van der Waals surface area contributed by atoms with Crippen LogP contribution in [-0.2, 0) is 4.74 Å². The summed E-state index contributed by atoms with van der Waals surface area (Å²) >= 11 is 0. The van der Waals surface area contributed by atoms with E-state index in [9.17, 15) is 9.90 Å². The highest BCUT2D eigenvalue weighted by Crippen LogP contribution is 2.31. The largest absolute Gasteiger partial charge is 0.394 e. The van der Waals surface area contributed by atoms with Crippen LogP contribution in [0.1, 0.15) is 27.7 Å². The van der Waals surface area contributed by atoms with Crippen molar-refractivity contribution in [3.05, 3.63) is 53.3 Å². The molecule has 0 saturated carbocycles. The van der Waals surface area contributed by atoms with Gasteiger partial charge in [-0.3, -0.25) is 4.79 Å². The van der Waals surface area contributed by atoms with E-state index in [-0.39, 0.29) is 18.6 Å². The molecule has 2 heterocycles. The van der Waals surface area contributed by atoms with Crippen LogP contribution in [0.5, 0.6) is 0 Å². The molecule has 7 heteroatoms. The summed E-state index contributed by atoms with van der Waals surface area (Å²) < 4.78 is 5.71. The van der Waals surface area contributed by atoms with Crippen molar-refractivity contribution in [1.29, 1.82) is 0 Å². The molecule has 0 aliphatic carbocycles. The van der Waals surface area contributed by atoms with Crippen molar-refractivity contribution in [3.8, 4) is 0 Å². The van der Waals surface area contributed by atoms with E-state index in [1.54, 1.807) is 16.0 Å². The zero-order valence-electron chi connectivity index (χ0n) is 15.3. The number of aromatic nitrogens is 2. The quantitative estimate of drug-likeness (QED) is 0.893. The number of carbonyl (C=O) groups excluding carboxylic acids is 1. The second-order valence-electron chi connectivity index (χ2n) is 6.51. The fraction of sp³-hybridized carbons (Fsp3) is 0.421. The van der Waals surface area contributed by atoms with E-state index in [1.807, 2.05) is 51.4 Å². The standard InChI is InChI=1S/C19H24N4O3/c1-13-15(11-20-19(21-13)22(2)3)18(25)23-9-10-26-16(12-24)17(23)14-7-5-4-6-8-14/h4-8,11,16-17,24H,9-10,12H2,1-3H3/t16-,17-/m1/s1. The van der Waals surface area contributed by atoms with Crippen molar-refractivity contribution in [1.82, 2.24) is 14.9 Å². The Balaban J connectivity index is 1.96. The molecule has 1 amide bonds. The molecule has 1 aliphatic heterocycles. The van der Waals surface area contributed by atoms with Gasteiger partial charge in [0.1, 0.15) is 6.10 Å². The van der Waals surface area contributed by atoms with Crippen LogP contribution in [0, 0.1) is 6.92 Å². The van der Waals surface area contributed by atoms with Crippen LogP contribution in [0.25, 0.3) is 0 Å². The van der Waals surface area contributed by atoms with Gasteiger partial charge in [-0.1, -0.05) is 30.3 Å². The Hall–Kier alpha value is -2.51. The topological polar surface area (TPSA) is 78.8 Å². The van der Waals surface area contributed by atoms with E-state index >= 15 is 0 Å². The molecule has 7 nitrogen and oxygen atoms in total. The van der Waals surface area contributed by atoms with Crippen molar-refractivity contribution in [2.75, 3.05) is 38.8 Å². The lowest BCUT2D eigenvalue weighted by Crippen LogP contribution is -2.49. The lowest BCUT2D eigenvalue weighted by atomic mass is 9.97. The minimum atomic E-state index is -0.461. The molecule has 2 aromatic rings. The van der Waals surface area contributed by atoms with Crippen molar-refractivity contribution in [2.45, 2.75) is 19.1 Å². The highest BCUT2D eigenvalue weighted by molar-refractivity contribution is 5.95. The number of hydrogen-bond donors (Lipinski definition) is 1. The molecule has 0 unspecified atom stereocenters. The van der Waals surface area contributed by atoms with E-state index in [0.717, 1.165) is 5.56 Å². The zero-order chi connectivity index (χ0) is 18.7. The molecule has 26 heavy (non-hydrogen) atoms. The molecule has 1 aliphatic rings. The third-order valence-corrected chi connectivity index (χ3v) is 4.53. The second kappa shape index (κ2) is 7.80. The summed E-state index contributed by atoms with van der Waals surface area (Å²) in [6, 6.07) is 9.30. The zero-order valence-corrected chi connectivity index (χ0v) is 15.3. The first kappa shape index (κ1) is 18.3. The van der Waals surface area contributed by atoms with Crippen LogP contribution in [0.15, 0.2) is 36.5 Å². The first-order valence-corrected chi connectivity index (χ1v) is 8.62. The van der Waals surface area contributed by atoms with Crippen LogP contribution in [-0.4, -0.2) is 65.8 Å². The minimum absolute atomic E-state index is 0.150. The number of anilines is 1. The maximum absolute atomic E-state index is 13.2. The van der Waals surface area contributed by atoms with Gasteiger partial charge in [0.25, 0.3) is 5.91 Å². The number of carbonyl (C=O) groups is 1. The number of benzene rings is 1. The number of hydrogen-bond acceptors (Lipinski definition) is 6. The summed E-state index contributed by atoms with van der Waals surface area (Å²) in [4.78, 5) is 25.5. The van der Waals surface area contributed by atoms with E-state index in [2.05, 4.69) is 9.97 Å². The van der Waals surface area contributed by atoms with Gasteiger partial charge in [-0.2, -0.15) is 0 Å². The Labute approximate surface area is 153 Å². The molecule has 1 aromatic carbocycles. The van der Waals surface area contributed by atoms with Crippen LogP contribution >= 0.6 is 0 Å². The first-order valence-electron chi connectivity index (χ1n) is 8.62. The summed E-state index contributed by atoms with van der Waals surface area (Å²) in [6.45, 7) is 2.49. The monoisotopic (exact) mass is 356 g/mol. The molecule has 1 saturated heterocycles. The van der Waals surface area contributed by atoms with Gasteiger partial charge in [0.2, 0.25) is 5.95 Å². The summed E-state index contributed by atoms with van der Waals surface area (Å²) in [5, 5.41) is 9.75. The van der Waals surface area contributed by atoms with Gasteiger partial charge in [0.05, 0.1) is 30.5 Å². The Morgan fingerprint density at radius 3 is 2.69 bits per heavy atom. The van der Waals surface area contributed by atoms with Crippen molar-refractivity contribution < 1.29 is 14.6 Å². The van der Waals surface area contributed by atoms with Crippen molar-refractivity contribution in [2.24, 2.45) is 0 Å². The number of nitrogens with zero attached hydrogens (tertiary/aromatic N) is 4. The summed E-state index contributed by atoms with van der Waals surface area (Å²) in [7, 11) is 3.71. The predicted molar refractivity (Wildman–Crippen MR) is 98.1 cm³/mol. The van der Waals surface area contributed by atoms with Gasteiger partial charge in [-0.15, -0.1) is 0 Å². The Bertz CT molecular complexity index is 767. The normalized spacial score (nSPS) is 20.1. The van der Waals surface area contributed by atoms with Gasteiger partial charge in [-0.25, -0.2) is 9.97 Å². The van der Waals surface area contributed by atoms with Crippen LogP contribution in [0.3, 0.4) is 0 Å². The maximum atomic E-state index is 13.2. The van der Waals surface area contributed by atoms with Gasteiger partial charge >= 0.3 is 0 Å². The van der Waals surface area contributed by atoms with Gasteiger partial charge in [0.15, 0.2) is 0 Å². The number of aliphatic hydroxyl groups excluding tert-OH is 1. The smallest absolute Gasteiger partial charge is 0.257 e. The molecule has 138 valence electrons. The first-order chi connectivity index (χ1) is 12.5. The van der Waals surface area contributed by atoms with E-state index in [1.165, 1.54) is 0 Å². The third kappa shape index (κ3) is 3.54. The highest BCUT2D eigenvalue weighted by Gasteiger charge is 2.37. The number of aliphatic hydroxyl groups is 1. The van der Waals surface area contributed by atoms with Gasteiger partial charge in [-0.05, 0) is 12.5 Å². The summed E-state index contributed by atoms with van der Waals surface area (Å²) in [6.07, 6.45) is 1.11. The Morgan fingerprint density at radius 1 is 1.35 bits per heavy atom. The fourth-order valence-corrected chi connectivity index (χ4v) is 3.19. The van der Waals surface area contributed by atoms with Gasteiger partial charge < -0.3 is 19.6 Å². The fourth-order valence-electron chi connectivity index (χ4n) is 3.19. The predicted octanol–water partition coefficient (Wildman–Crippen LogP) is 1.43. The average Bonchev–Trinajstić information content (AvgIpc) is 2.67. The maximum Gasteiger partial charge on any atom is 0.257 e. The lowest BCUT2D eigenvalue weighted by Gasteiger charge is -2.41. The molecule has 0 spiro atoms. The molecular formula is C19H24N4O3. The van der Waals surface area contributed by atoms with Crippen molar-refractivity contribution in [3.63, 3.8) is 0 Å². The molecule has 2 atom stereocenters. The Kier molecular flexibility index (Phi) is 5.49. The highest BCUT2D eigenvalue weighted by atomic mass is 16.5. The van der Waals surface area contributed by atoms with Gasteiger partial charge in [0, 0.05) is 26.8 Å². The number of rotatable bonds is 4. The second-order valence-corrected chi connectivity index (χ2v) is 6.51. The SMILES string of the molecule is Cc1nc(N(C)C)ncc1C(=O)N1CCO[C@H](CO)[C@H]1c1ccccc1. The molecule has 0 radical (unpaired) electrons. The molecule has 1 N–H and O–H groups in total. The number of ether oxygens (including phenoxy) is 1. The van der Waals surface area contributed by atoms with Crippen LogP contribution in [0.2, 0.25) is 0 Å². The number of morpholine rings is 1. The van der Waals surface area contributed by atoms with Crippen molar-refractivity contribution >= 4 is 11.9 Å². The van der Waals surface area contributed by atoms with E-state index < -0.39 is 6.10 Å². The lowest BCUT2D eigenvalue weighted by molar-refractivity contribution is -0.0811. The van der Waals surface area contributed by atoms with E-state index in [4.69, 9.17) is 4.74 Å². The van der Waals surface area contributed by atoms with Crippen LogP contribution < -0.4 is 4.90 Å². The third-order valence-electron chi connectivity index (χ3n) is 4.53.